The molecule has 2 rings (SSSR count). The second kappa shape index (κ2) is 6.05. The zero-order valence-electron chi connectivity index (χ0n) is 9.64. The van der Waals surface area contributed by atoms with Gasteiger partial charge in [0.15, 0.2) is 6.61 Å². The number of ether oxygens (including phenoxy) is 1. The second-order valence-electron chi connectivity index (χ2n) is 4.11. The summed E-state index contributed by atoms with van der Waals surface area (Å²) in [5.74, 6) is 0.825. The number of alkyl halides is 1. The average molecular weight is 298 g/mol. The summed E-state index contributed by atoms with van der Waals surface area (Å²) in [4.78, 5) is 13.9. The average Bonchev–Trinajstić information content (AvgIpc) is 3.18. The molecule has 0 aromatic heterocycles. The number of amides is 1. The highest BCUT2D eigenvalue weighted by atomic mass is 79.9. The smallest absolute Gasteiger partial charge is 0.260 e. The molecule has 3 nitrogen and oxygen atoms in total. The van der Waals surface area contributed by atoms with Gasteiger partial charge < -0.3 is 9.64 Å². The summed E-state index contributed by atoms with van der Waals surface area (Å²) in [7, 11) is 0. The Morgan fingerprint density at radius 2 is 2.06 bits per heavy atom. The predicted octanol–water partition coefficient (Wildman–Crippen LogP) is 2.45. The lowest BCUT2D eigenvalue weighted by atomic mass is 10.3. The summed E-state index contributed by atoms with van der Waals surface area (Å²) in [5, 5.41) is 0.820. The number of carbonyl (C=O) groups is 1. The second-order valence-corrected chi connectivity index (χ2v) is 4.90. The van der Waals surface area contributed by atoms with E-state index in [4.69, 9.17) is 4.74 Å². The standard InChI is InChI=1S/C13H16BrNO2/c14-8-9-15(11-6-7-11)13(16)10-17-12-4-2-1-3-5-12/h1-5,11H,6-10H2. The van der Waals surface area contributed by atoms with Gasteiger partial charge in [-0.15, -0.1) is 0 Å². The molecular formula is C13H16BrNO2. The quantitative estimate of drug-likeness (QED) is 0.755. The minimum absolute atomic E-state index is 0.0794. The Labute approximate surface area is 110 Å². The molecule has 0 heterocycles. The molecule has 1 aliphatic rings. The fraction of sp³-hybridized carbons (Fsp3) is 0.462. The maximum absolute atomic E-state index is 12.0. The molecule has 0 saturated heterocycles. The summed E-state index contributed by atoms with van der Waals surface area (Å²) >= 11 is 3.38. The van der Waals surface area contributed by atoms with E-state index in [9.17, 15) is 4.79 Å². The molecule has 1 saturated carbocycles. The van der Waals surface area contributed by atoms with Crippen LogP contribution in [0.25, 0.3) is 0 Å². The van der Waals surface area contributed by atoms with Gasteiger partial charge in [-0.3, -0.25) is 4.79 Å². The van der Waals surface area contributed by atoms with Crippen LogP contribution in [0.4, 0.5) is 0 Å². The highest BCUT2D eigenvalue weighted by molar-refractivity contribution is 9.09. The number of hydrogen-bond acceptors (Lipinski definition) is 2. The molecule has 1 fully saturated rings. The molecular weight excluding hydrogens is 282 g/mol. The fourth-order valence-corrected chi connectivity index (χ4v) is 2.11. The van der Waals surface area contributed by atoms with Gasteiger partial charge in [-0.2, -0.15) is 0 Å². The molecule has 1 aromatic rings. The first-order chi connectivity index (χ1) is 8.31. The lowest BCUT2D eigenvalue weighted by Crippen LogP contribution is -2.38. The highest BCUT2D eigenvalue weighted by Crippen LogP contribution is 2.26. The molecule has 1 aliphatic carbocycles. The molecule has 0 bridgehead atoms. The molecule has 1 amide bonds. The van der Waals surface area contributed by atoms with Crippen molar-refractivity contribution in [2.24, 2.45) is 0 Å². The Morgan fingerprint density at radius 1 is 1.35 bits per heavy atom. The predicted molar refractivity (Wildman–Crippen MR) is 70.5 cm³/mol. The Kier molecular flexibility index (Phi) is 4.42. The van der Waals surface area contributed by atoms with Crippen molar-refractivity contribution in [1.82, 2.24) is 4.90 Å². The van der Waals surface area contributed by atoms with E-state index < -0.39 is 0 Å². The zero-order valence-corrected chi connectivity index (χ0v) is 11.2. The highest BCUT2D eigenvalue weighted by Gasteiger charge is 2.31. The van der Waals surface area contributed by atoms with E-state index in [0.717, 1.165) is 30.5 Å². The third kappa shape index (κ3) is 3.73. The first-order valence-electron chi connectivity index (χ1n) is 5.84. The number of carbonyl (C=O) groups excluding carboxylic acids is 1. The third-order valence-corrected chi connectivity index (χ3v) is 3.09. The van der Waals surface area contributed by atoms with Crippen molar-refractivity contribution in [3.05, 3.63) is 30.3 Å². The number of hydrogen-bond donors (Lipinski definition) is 0. The van der Waals surface area contributed by atoms with Gasteiger partial charge in [-0.25, -0.2) is 0 Å². The van der Waals surface area contributed by atoms with Gasteiger partial charge in [0.2, 0.25) is 0 Å². The maximum atomic E-state index is 12.0. The number of benzene rings is 1. The van der Waals surface area contributed by atoms with Crippen molar-refractivity contribution in [1.29, 1.82) is 0 Å². The summed E-state index contributed by atoms with van der Waals surface area (Å²) in [5.41, 5.74) is 0. The van der Waals surface area contributed by atoms with Gasteiger partial charge >= 0.3 is 0 Å². The van der Waals surface area contributed by atoms with Crippen LogP contribution in [0.15, 0.2) is 30.3 Å². The van der Waals surface area contributed by atoms with E-state index >= 15 is 0 Å². The summed E-state index contributed by atoms with van der Waals surface area (Å²) in [6.07, 6.45) is 2.26. The van der Waals surface area contributed by atoms with Crippen LogP contribution in [0.5, 0.6) is 5.75 Å². The molecule has 0 atom stereocenters. The molecule has 4 heteroatoms. The van der Waals surface area contributed by atoms with Crippen LogP contribution >= 0.6 is 15.9 Å². The van der Waals surface area contributed by atoms with Crippen LogP contribution in [-0.4, -0.2) is 35.3 Å². The third-order valence-electron chi connectivity index (χ3n) is 2.74. The molecule has 92 valence electrons. The first kappa shape index (κ1) is 12.4. The molecule has 1 aromatic carbocycles. The lowest BCUT2D eigenvalue weighted by Gasteiger charge is -2.21. The number of nitrogens with zero attached hydrogens (tertiary/aromatic N) is 1. The number of halogens is 1. The normalized spacial score (nSPS) is 14.4. The van der Waals surface area contributed by atoms with E-state index in [1.54, 1.807) is 0 Å². The van der Waals surface area contributed by atoms with Crippen LogP contribution in [0.2, 0.25) is 0 Å². The monoisotopic (exact) mass is 297 g/mol. The van der Waals surface area contributed by atoms with E-state index in [1.165, 1.54) is 0 Å². The van der Waals surface area contributed by atoms with Gasteiger partial charge in [0.05, 0.1) is 0 Å². The summed E-state index contributed by atoms with van der Waals surface area (Å²) in [6.45, 7) is 0.898. The van der Waals surface area contributed by atoms with Gasteiger partial charge in [-0.1, -0.05) is 34.1 Å². The maximum Gasteiger partial charge on any atom is 0.260 e. The lowest BCUT2D eigenvalue weighted by molar-refractivity contribution is -0.133. The van der Waals surface area contributed by atoms with Gasteiger partial charge in [0.25, 0.3) is 5.91 Å². The van der Waals surface area contributed by atoms with Gasteiger partial charge in [-0.05, 0) is 25.0 Å². The van der Waals surface area contributed by atoms with Crippen molar-refractivity contribution in [2.45, 2.75) is 18.9 Å². The minimum atomic E-state index is 0.0794. The molecule has 0 N–H and O–H groups in total. The summed E-state index contributed by atoms with van der Waals surface area (Å²) < 4.78 is 5.47. The Bertz CT molecular complexity index is 365. The minimum Gasteiger partial charge on any atom is -0.484 e. The first-order valence-corrected chi connectivity index (χ1v) is 6.96. The summed E-state index contributed by atoms with van der Waals surface area (Å²) in [6, 6.07) is 9.89. The van der Waals surface area contributed by atoms with Gasteiger partial charge in [0.1, 0.15) is 5.75 Å². The van der Waals surface area contributed by atoms with Crippen LogP contribution in [0, 0.1) is 0 Å². The van der Waals surface area contributed by atoms with Crippen LogP contribution in [0.3, 0.4) is 0 Å². The van der Waals surface area contributed by atoms with E-state index in [0.29, 0.717) is 6.04 Å². The van der Waals surface area contributed by atoms with E-state index in [2.05, 4.69) is 15.9 Å². The van der Waals surface area contributed by atoms with Crippen LogP contribution in [0.1, 0.15) is 12.8 Å². The van der Waals surface area contributed by atoms with Crippen molar-refractivity contribution < 1.29 is 9.53 Å². The van der Waals surface area contributed by atoms with Crippen LogP contribution < -0.4 is 4.74 Å². The Balaban J connectivity index is 1.83. The Morgan fingerprint density at radius 3 is 2.65 bits per heavy atom. The van der Waals surface area contributed by atoms with E-state index in [1.807, 2.05) is 35.2 Å². The van der Waals surface area contributed by atoms with Crippen LogP contribution in [-0.2, 0) is 4.79 Å². The zero-order chi connectivity index (χ0) is 12.1. The van der Waals surface area contributed by atoms with Crippen molar-refractivity contribution in [2.75, 3.05) is 18.5 Å². The Hall–Kier alpha value is -1.03. The molecule has 0 aliphatic heterocycles. The number of rotatable bonds is 6. The van der Waals surface area contributed by atoms with E-state index in [-0.39, 0.29) is 12.5 Å². The molecule has 0 unspecified atom stereocenters. The fourth-order valence-electron chi connectivity index (χ4n) is 1.73. The SMILES string of the molecule is O=C(COc1ccccc1)N(CCBr)C1CC1. The topological polar surface area (TPSA) is 29.5 Å². The molecule has 0 spiro atoms. The molecule has 0 radical (unpaired) electrons. The van der Waals surface area contributed by atoms with Crippen molar-refractivity contribution >= 4 is 21.8 Å². The van der Waals surface area contributed by atoms with Crippen molar-refractivity contribution in [3.63, 3.8) is 0 Å². The largest absolute Gasteiger partial charge is 0.484 e. The molecule has 17 heavy (non-hydrogen) atoms. The van der Waals surface area contributed by atoms with Gasteiger partial charge in [0, 0.05) is 17.9 Å². The van der Waals surface area contributed by atoms with Crippen molar-refractivity contribution in [3.8, 4) is 5.75 Å². The number of para-hydroxylation sites is 1.